The number of hydrogen-bond donors (Lipinski definition) is 2. The summed E-state index contributed by atoms with van der Waals surface area (Å²) < 4.78 is 7.15. The van der Waals surface area contributed by atoms with Gasteiger partial charge in [-0.2, -0.15) is 5.10 Å². The Morgan fingerprint density at radius 1 is 1.22 bits per heavy atom. The molecule has 0 saturated carbocycles. The Balaban J connectivity index is 1.67. The molecule has 0 aliphatic rings. The number of nitrogens with one attached hydrogen (secondary N) is 2. The third-order valence-electron chi connectivity index (χ3n) is 3.25. The Hall–Kier alpha value is -3.09. The van der Waals surface area contributed by atoms with Gasteiger partial charge < -0.3 is 10.1 Å². The number of rotatable bonds is 4. The van der Waals surface area contributed by atoms with E-state index in [-0.39, 0.29) is 5.91 Å². The highest BCUT2D eigenvalue weighted by Gasteiger charge is 2.12. The number of carbonyl (C=O) groups excluding carboxylic acids is 1. The molecule has 2 aromatic heterocycles. The van der Waals surface area contributed by atoms with Crippen molar-refractivity contribution in [2.45, 2.75) is 13.8 Å². The van der Waals surface area contributed by atoms with Crippen molar-refractivity contribution in [2.24, 2.45) is 7.05 Å². The molecule has 3 aromatic rings. The van der Waals surface area contributed by atoms with Gasteiger partial charge in [0.1, 0.15) is 11.4 Å². The van der Waals surface area contributed by atoms with Crippen molar-refractivity contribution in [3.8, 4) is 11.6 Å². The SMILES string of the molecule is Cc1cc(C(=O)Nc2ccc(Oc3cc(C)[nH]n3)cc2)n(C)n1. The minimum absolute atomic E-state index is 0.204. The maximum Gasteiger partial charge on any atom is 0.273 e. The van der Waals surface area contributed by atoms with Crippen LogP contribution in [0.15, 0.2) is 36.4 Å². The number of aromatic nitrogens is 4. The molecular formula is C16H17N5O2. The summed E-state index contributed by atoms with van der Waals surface area (Å²) in [6.07, 6.45) is 0. The van der Waals surface area contributed by atoms with Crippen molar-refractivity contribution in [1.29, 1.82) is 0 Å². The lowest BCUT2D eigenvalue weighted by atomic mass is 10.3. The Kier molecular flexibility index (Phi) is 3.84. The van der Waals surface area contributed by atoms with E-state index < -0.39 is 0 Å². The van der Waals surface area contributed by atoms with Crippen LogP contribution in [-0.2, 0) is 7.05 Å². The average Bonchev–Trinajstić information content (AvgIpc) is 3.06. The summed E-state index contributed by atoms with van der Waals surface area (Å²) in [5.41, 5.74) is 2.92. The highest BCUT2D eigenvalue weighted by Crippen LogP contribution is 2.22. The topological polar surface area (TPSA) is 84.8 Å². The van der Waals surface area contributed by atoms with E-state index in [1.165, 1.54) is 0 Å². The molecule has 0 spiro atoms. The van der Waals surface area contributed by atoms with Crippen LogP contribution in [0.25, 0.3) is 0 Å². The number of amides is 1. The van der Waals surface area contributed by atoms with Gasteiger partial charge >= 0.3 is 0 Å². The maximum atomic E-state index is 12.2. The number of ether oxygens (including phenoxy) is 1. The zero-order valence-corrected chi connectivity index (χ0v) is 13.1. The zero-order valence-electron chi connectivity index (χ0n) is 13.1. The lowest BCUT2D eigenvalue weighted by molar-refractivity contribution is 0.101. The van der Waals surface area contributed by atoms with Crippen molar-refractivity contribution >= 4 is 11.6 Å². The Bertz CT molecular complexity index is 833. The van der Waals surface area contributed by atoms with Crippen LogP contribution in [0.3, 0.4) is 0 Å². The molecule has 7 nitrogen and oxygen atoms in total. The molecule has 0 atom stereocenters. The molecule has 0 saturated heterocycles. The van der Waals surface area contributed by atoms with E-state index in [1.54, 1.807) is 48.1 Å². The van der Waals surface area contributed by atoms with Crippen LogP contribution >= 0.6 is 0 Å². The molecule has 0 bridgehead atoms. The molecule has 0 radical (unpaired) electrons. The van der Waals surface area contributed by atoms with E-state index in [1.807, 2.05) is 13.8 Å². The molecule has 1 amide bonds. The van der Waals surface area contributed by atoms with Gasteiger partial charge in [-0.15, -0.1) is 5.10 Å². The van der Waals surface area contributed by atoms with Crippen molar-refractivity contribution in [3.05, 3.63) is 53.5 Å². The molecule has 2 N–H and O–H groups in total. The number of aryl methyl sites for hydroxylation is 3. The summed E-state index contributed by atoms with van der Waals surface area (Å²) in [7, 11) is 1.74. The third kappa shape index (κ3) is 3.39. The Morgan fingerprint density at radius 3 is 2.52 bits per heavy atom. The smallest absolute Gasteiger partial charge is 0.273 e. The normalized spacial score (nSPS) is 10.6. The fourth-order valence-corrected chi connectivity index (χ4v) is 2.19. The quantitative estimate of drug-likeness (QED) is 0.776. The summed E-state index contributed by atoms with van der Waals surface area (Å²) >= 11 is 0. The highest BCUT2D eigenvalue weighted by atomic mass is 16.5. The number of nitrogens with zero attached hydrogens (tertiary/aromatic N) is 3. The number of aromatic amines is 1. The van der Waals surface area contributed by atoms with Crippen molar-refractivity contribution in [1.82, 2.24) is 20.0 Å². The van der Waals surface area contributed by atoms with Gasteiger partial charge in [0.05, 0.1) is 5.69 Å². The van der Waals surface area contributed by atoms with Crippen molar-refractivity contribution in [3.63, 3.8) is 0 Å². The van der Waals surface area contributed by atoms with Crippen LogP contribution in [0.2, 0.25) is 0 Å². The van der Waals surface area contributed by atoms with Gasteiger partial charge in [0.15, 0.2) is 0 Å². The summed E-state index contributed by atoms with van der Waals surface area (Å²) in [6, 6.07) is 10.6. The number of anilines is 1. The molecule has 118 valence electrons. The molecular weight excluding hydrogens is 294 g/mol. The van der Waals surface area contributed by atoms with Crippen molar-refractivity contribution in [2.75, 3.05) is 5.32 Å². The fraction of sp³-hybridized carbons (Fsp3) is 0.188. The molecule has 0 unspecified atom stereocenters. The van der Waals surface area contributed by atoms with Gasteiger partial charge in [-0.05, 0) is 44.2 Å². The van der Waals surface area contributed by atoms with Crippen LogP contribution in [0.4, 0.5) is 5.69 Å². The van der Waals surface area contributed by atoms with Crippen LogP contribution in [0.5, 0.6) is 11.6 Å². The van der Waals surface area contributed by atoms with Gasteiger partial charge in [0.2, 0.25) is 5.88 Å². The second kappa shape index (κ2) is 5.96. The summed E-state index contributed by atoms with van der Waals surface area (Å²) in [5.74, 6) is 0.945. The first-order chi connectivity index (χ1) is 11.0. The average molecular weight is 311 g/mol. The van der Waals surface area contributed by atoms with E-state index >= 15 is 0 Å². The molecule has 2 heterocycles. The van der Waals surface area contributed by atoms with E-state index in [0.717, 1.165) is 11.4 Å². The summed E-state index contributed by atoms with van der Waals surface area (Å²) in [4.78, 5) is 12.2. The minimum Gasteiger partial charge on any atom is -0.438 e. The zero-order chi connectivity index (χ0) is 16.4. The molecule has 0 aliphatic heterocycles. The van der Waals surface area contributed by atoms with Gasteiger partial charge in [0.25, 0.3) is 5.91 Å². The van der Waals surface area contributed by atoms with E-state index in [0.29, 0.717) is 23.0 Å². The van der Waals surface area contributed by atoms with Crippen molar-refractivity contribution < 1.29 is 9.53 Å². The van der Waals surface area contributed by atoms with E-state index in [9.17, 15) is 4.79 Å². The second-order valence-electron chi connectivity index (χ2n) is 5.26. The van der Waals surface area contributed by atoms with E-state index in [4.69, 9.17) is 4.74 Å². The number of benzene rings is 1. The molecule has 3 rings (SSSR count). The molecule has 0 fully saturated rings. The maximum absolute atomic E-state index is 12.2. The first-order valence-electron chi connectivity index (χ1n) is 7.13. The first-order valence-corrected chi connectivity index (χ1v) is 7.13. The lowest BCUT2D eigenvalue weighted by Crippen LogP contribution is -2.15. The second-order valence-corrected chi connectivity index (χ2v) is 5.26. The molecule has 7 heteroatoms. The number of carbonyl (C=O) groups is 1. The Labute approximate surface area is 133 Å². The van der Waals surface area contributed by atoms with Crippen LogP contribution in [0.1, 0.15) is 21.9 Å². The number of hydrogen-bond acceptors (Lipinski definition) is 4. The van der Waals surface area contributed by atoms with Crippen LogP contribution in [0, 0.1) is 13.8 Å². The van der Waals surface area contributed by atoms with Gasteiger partial charge in [-0.25, -0.2) is 0 Å². The summed E-state index contributed by atoms with van der Waals surface area (Å²) in [6.45, 7) is 3.75. The Morgan fingerprint density at radius 2 is 1.96 bits per heavy atom. The third-order valence-corrected chi connectivity index (χ3v) is 3.25. The monoisotopic (exact) mass is 311 g/mol. The molecule has 23 heavy (non-hydrogen) atoms. The van der Waals surface area contributed by atoms with Gasteiger partial charge in [-0.1, -0.05) is 0 Å². The predicted octanol–water partition coefficient (Wildman–Crippen LogP) is 2.80. The van der Waals surface area contributed by atoms with E-state index in [2.05, 4.69) is 20.6 Å². The number of H-pyrrole nitrogens is 1. The summed E-state index contributed by atoms with van der Waals surface area (Å²) in [5, 5.41) is 13.8. The fourth-order valence-electron chi connectivity index (χ4n) is 2.19. The minimum atomic E-state index is -0.204. The van der Waals surface area contributed by atoms with Crippen LogP contribution < -0.4 is 10.1 Å². The van der Waals surface area contributed by atoms with Crippen LogP contribution in [-0.4, -0.2) is 25.9 Å². The van der Waals surface area contributed by atoms with Gasteiger partial charge in [-0.3, -0.25) is 14.6 Å². The molecule has 1 aromatic carbocycles. The predicted molar refractivity (Wildman–Crippen MR) is 85.7 cm³/mol. The molecule has 0 aliphatic carbocycles. The largest absolute Gasteiger partial charge is 0.438 e. The van der Waals surface area contributed by atoms with Gasteiger partial charge in [0, 0.05) is 24.5 Å². The lowest BCUT2D eigenvalue weighted by Gasteiger charge is -2.07. The standard InChI is InChI=1S/C16H17N5O2/c1-10-9-15(19-18-10)23-13-6-4-12(5-7-13)17-16(22)14-8-11(2)20-21(14)3/h4-9H,1-3H3,(H,17,22)(H,18,19). The highest BCUT2D eigenvalue weighted by molar-refractivity contribution is 6.03. The first kappa shape index (κ1) is 14.8.